The number of halogens is 1. The van der Waals surface area contributed by atoms with Crippen LogP contribution in [0.25, 0.3) is 0 Å². The van der Waals surface area contributed by atoms with Crippen molar-refractivity contribution in [1.29, 1.82) is 0 Å². The summed E-state index contributed by atoms with van der Waals surface area (Å²) in [5.74, 6) is -0.526. The van der Waals surface area contributed by atoms with Crippen molar-refractivity contribution < 1.29 is 9.59 Å². The summed E-state index contributed by atoms with van der Waals surface area (Å²) in [6, 6.07) is 7.37. The van der Waals surface area contributed by atoms with Crippen molar-refractivity contribution in [1.82, 2.24) is 16.1 Å². The first-order chi connectivity index (χ1) is 10.5. The summed E-state index contributed by atoms with van der Waals surface area (Å²) in [6.07, 6.45) is -0.194. The Balaban J connectivity index is 1.74. The molecule has 2 heterocycles. The van der Waals surface area contributed by atoms with Gasteiger partial charge in [-0.05, 0) is 24.3 Å². The van der Waals surface area contributed by atoms with E-state index in [1.165, 1.54) is 11.8 Å². The van der Waals surface area contributed by atoms with E-state index in [-0.39, 0.29) is 29.2 Å². The molecule has 1 aromatic carbocycles. The average molecular weight is 342 g/mol. The summed E-state index contributed by atoms with van der Waals surface area (Å²) < 4.78 is 0. The Morgan fingerprint density at radius 1 is 1.41 bits per heavy atom. The summed E-state index contributed by atoms with van der Waals surface area (Å²) in [7, 11) is 0. The Labute approximate surface area is 136 Å². The molecular weight excluding hydrogens is 326 g/mol. The molecule has 0 radical (unpaired) electrons. The minimum atomic E-state index is -0.415. The second-order valence-electron chi connectivity index (χ2n) is 5.09. The van der Waals surface area contributed by atoms with Crippen LogP contribution in [0.4, 0.5) is 5.69 Å². The first kappa shape index (κ1) is 15.4. The lowest BCUT2D eigenvalue weighted by Crippen LogP contribution is -2.63. The third-order valence-corrected chi connectivity index (χ3v) is 4.86. The molecule has 2 fully saturated rings. The summed E-state index contributed by atoms with van der Waals surface area (Å²) in [4.78, 5) is 23.1. The lowest BCUT2D eigenvalue weighted by atomic mass is 10.1. The van der Waals surface area contributed by atoms with Gasteiger partial charge in [0.25, 0.3) is 0 Å². The van der Waals surface area contributed by atoms with Gasteiger partial charge in [0, 0.05) is 11.6 Å². The van der Waals surface area contributed by atoms with Crippen LogP contribution in [0.2, 0.25) is 5.02 Å². The van der Waals surface area contributed by atoms with Gasteiger partial charge in [-0.15, -0.1) is 11.8 Å². The molecule has 0 bridgehead atoms. The topological polar surface area (TPSA) is 99.5 Å². The molecule has 0 aromatic heterocycles. The first-order valence-electron chi connectivity index (χ1n) is 6.79. The lowest BCUT2D eigenvalue weighted by Gasteiger charge is -2.36. The van der Waals surface area contributed by atoms with Crippen LogP contribution in [0, 0.1) is 5.92 Å². The molecule has 3 unspecified atom stereocenters. The fourth-order valence-electron chi connectivity index (χ4n) is 2.56. The highest BCUT2D eigenvalue weighted by Gasteiger charge is 2.44. The average Bonchev–Trinajstić information content (AvgIpc) is 2.90. The van der Waals surface area contributed by atoms with Crippen molar-refractivity contribution in [2.45, 2.75) is 11.7 Å². The van der Waals surface area contributed by atoms with E-state index in [2.05, 4.69) is 16.1 Å². The highest BCUT2D eigenvalue weighted by atomic mass is 35.5. The number of fused-ring (bicyclic) bond motifs is 1. The van der Waals surface area contributed by atoms with Crippen LogP contribution < -0.4 is 26.8 Å². The minimum Gasteiger partial charge on any atom is -0.369 e. The van der Waals surface area contributed by atoms with Crippen molar-refractivity contribution in [2.75, 3.05) is 17.3 Å². The van der Waals surface area contributed by atoms with Crippen LogP contribution in [-0.2, 0) is 9.59 Å². The van der Waals surface area contributed by atoms with Crippen LogP contribution in [0.15, 0.2) is 24.3 Å². The number of hydrogen-bond acceptors (Lipinski definition) is 6. The van der Waals surface area contributed by atoms with Gasteiger partial charge in [0.15, 0.2) is 0 Å². The molecule has 2 saturated heterocycles. The molecule has 5 N–H and O–H groups in total. The molecule has 0 saturated carbocycles. The molecule has 1 aromatic rings. The molecule has 7 nitrogen and oxygen atoms in total. The quantitative estimate of drug-likeness (QED) is 0.607. The summed E-state index contributed by atoms with van der Waals surface area (Å²) in [5.41, 5.74) is 8.93. The predicted molar refractivity (Wildman–Crippen MR) is 85.9 cm³/mol. The number of nitrogens with one attached hydrogen (secondary N) is 3. The van der Waals surface area contributed by atoms with E-state index in [1.807, 2.05) is 17.1 Å². The Bertz CT molecular complexity index is 584. The van der Waals surface area contributed by atoms with Gasteiger partial charge in [-0.2, -0.15) is 0 Å². The standard InChI is InChI=1S/C13H16ClN5O2S/c14-7-1-3-8(4-2-7)19-11-9(5-16-19)12(21)18-13(17-11)22-6-10(15)20/h1-4,9,11,13,16-17H,5-6H2,(H2,15,20)(H,18,21). The summed E-state index contributed by atoms with van der Waals surface area (Å²) in [5, 5.41) is 8.73. The van der Waals surface area contributed by atoms with Gasteiger partial charge in [-0.1, -0.05) is 11.6 Å². The SMILES string of the molecule is NC(=O)CSC1NC(=O)C2CNN(c3ccc(Cl)cc3)C2N1. The van der Waals surface area contributed by atoms with Gasteiger partial charge in [-0.25, -0.2) is 5.43 Å². The van der Waals surface area contributed by atoms with Crippen LogP contribution in [0.1, 0.15) is 0 Å². The van der Waals surface area contributed by atoms with Gasteiger partial charge in [0.05, 0.1) is 17.4 Å². The monoisotopic (exact) mass is 341 g/mol. The van der Waals surface area contributed by atoms with Gasteiger partial charge in [0.1, 0.15) is 11.7 Å². The Morgan fingerprint density at radius 2 is 2.14 bits per heavy atom. The number of anilines is 1. The smallest absolute Gasteiger partial charge is 0.229 e. The molecule has 118 valence electrons. The van der Waals surface area contributed by atoms with E-state index in [4.69, 9.17) is 17.3 Å². The molecule has 2 aliphatic rings. The fraction of sp³-hybridized carbons (Fsp3) is 0.385. The number of hydrazine groups is 1. The number of rotatable bonds is 4. The normalized spacial score (nSPS) is 27.4. The largest absolute Gasteiger partial charge is 0.369 e. The predicted octanol–water partition coefficient (Wildman–Crippen LogP) is -0.172. The molecule has 3 atom stereocenters. The lowest BCUT2D eigenvalue weighted by molar-refractivity contribution is -0.127. The zero-order valence-corrected chi connectivity index (χ0v) is 13.2. The summed E-state index contributed by atoms with van der Waals surface area (Å²) >= 11 is 7.17. The minimum absolute atomic E-state index is 0.0466. The van der Waals surface area contributed by atoms with Crippen molar-refractivity contribution >= 4 is 40.9 Å². The summed E-state index contributed by atoms with van der Waals surface area (Å²) in [6.45, 7) is 0.541. The highest BCUT2D eigenvalue weighted by Crippen LogP contribution is 2.27. The van der Waals surface area contributed by atoms with E-state index in [9.17, 15) is 9.59 Å². The highest BCUT2D eigenvalue weighted by molar-refractivity contribution is 8.00. The van der Waals surface area contributed by atoms with E-state index in [1.54, 1.807) is 12.1 Å². The van der Waals surface area contributed by atoms with Crippen LogP contribution >= 0.6 is 23.4 Å². The van der Waals surface area contributed by atoms with E-state index in [0.29, 0.717) is 11.6 Å². The first-order valence-corrected chi connectivity index (χ1v) is 8.22. The van der Waals surface area contributed by atoms with Gasteiger partial charge in [-0.3, -0.25) is 19.9 Å². The zero-order valence-electron chi connectivity index (χ0n) is 11.6. The number of carbonyl (C=O) groups is 2. The number of carbonyl (C=O) groups excluding carboxylic acids is 2. The zero-order chi connectivity index (χ0) is 15.7. The number of primary amides is 1. The second-order valence-corrected chi connectivity index (χ2v) is 6.62. The van der Waals surface area contributed by atoms with Crippen molar-refractivity contribution in [3.05, 3.63) is 29.3 Å². The van der Waals surface area contributed by atoms with Crippen molar-refractivity contribution in [3.8, 4) is 0 Å². The van der Waals surface area contributed by atoms with E-state index < -0.39 is 5.91 Å². The van der Waals surface area contributed by atoms with Crippen LogP contribution in [0.3, 0.4) is 0 Å². The maximum Gasteiger partial charge on any atom is 0.229 e. The molecule has 2 aliphatic heterocycles. The van der Waals surface area contributed by atoms with Crippen LogP contribution in [0.5, 0.6) is 0 Å². The Morgan fingerprint density at radius 3 is 2.82 bits per heavy atom. The third kappa shape index (κ3) is 3.14. The number of benzene rings is 1. The third-order valence-electron chi connectivity index (χ3n) is 3.57. The number of hydrogen-bond donors (Lipinski definition) is 4. The number of nitrogens with zero attached hydrogens (tertiary/aromatic N) is 1. The van der Waals surface area contributed by atoms with Crippen molar-refractivity contribution in [3.63, 3.8) is 0 Å². The van der Waals surface area contributed by atoms with Gasteiger partial charge < -0.3 is 11.1 Å². The molecule has 9 heteroatoms. The van der Waals surface area contributed by atoms with Crippen molar-refractivity contribution in [2.24, 2.45) is 11.7 Å². The van der Waals surface area contributed by atoms with E-state index in [0.717, 1.165) is 5.69 Å². The maximum absolute atomic E-state index is 12.2. The Kier molecular flexibility index (Phi) is 4.44. The van der Waals surface area contributed by atoms with Crippen LogP contribution in [-0.4, -0.2) is 35.8 Å². The number of thioether (sulfide) groups is 1. The number of nitrogens with two attached hydrogens (primary N) is 1. The fourth-order valence-corrected chi connectivity index (χ4v) is 3.45. The molecule has 3 rings (SSSR count). The molecular formula is C13H16ClN5O2S. The number of amides is 2. The van der Waals surface area contributed by atoms with Gasteiger partial charge in [0.2, 0.25) is 11.8 Å². The molecule has 22 heavy (non-hydrogen) atoms. The molecule has 0 aliphatic carbocycles. The Hall–Kier alpha value is -1.48. The molecule has 0 spiro atoms. The van der Waals surface area contributed by atoms with Gasteiger partial charge >= 0.3 is 0 Å². The maximum atomic E-state index is 12.2. The second kappa shape index (κ2) is 6.33. The molecule has 2 amide bonds. The van der Waals surface area contributed by atoms with E-state index >= 15 is 0 Å².